The standard InChI is InChI=1S/C12H11N5O2/c1-3-13-12-14-9(6-17(12)4-1)11-15-10(16-19-11)8-2-5-18-7-8/h1,3-4,6,8H,2,5,7H2/t8-/m1/s1. The molecule has 1 aliphatic rings. The Balaban J connectivity index is 1.71. The van der Waals surface area contributed by atoms with E-state index in [9.17, 15) is 0 Å². The van der Waals surface area contributed by atoms with Crippen LogP contribution in [0.2, 0.25) is 0 Å². The van der Waals surface area contributed by atoms with Gasteiger partial charge in [-0.3, -0.25) is 4.40 Å². The average molecular weight is 257 g/mol. The molecule has 0 amide bonds. The predicted octanol–water partition coefficient (Wildman–Crippen LogP) is 1.28. The molecule has 4 heterocycles. The van der Waals surface area contributed by atoms with Gasteiger partial charge in [0.2, 0.25) is 5.78 Å². The first-order chi connectivity index (χ1) is 9.40. The van der Waals surface area contributed by atoms with Gasteiger partial charge in [-0.2, -0.15) is 4.98 Å². The van der Waals surface area contributed by atoms with E-state index in [1.165, 1.54) is 0 Å². The van der Waals surface area contributed by atoms with Crippen molar-refractivity contribution in [3.05, 3.63) is 30.5 Å². The Morgan fingerprint density at radius 1 is 1.32 bits per heavy atom. The van der Waals surface area contributed by atoms with E-state index >= 15 is 0 Å². The Morgan fingerprint density at radius 2 is 2.32 bits per heavy atom. The van der Waals surface area contributed by atoms with E-state index in [0.717, 1.165) is 13.0 Å². The minimum absolute atomic E-state index is 0.229. The van der Waals surface area contributed by atoms with Gasteiger partial charge < -0.3 is 9.26 Å². The highest BCUT2D eigenvalue weighted by Gasteiger charge is 2.24. The summed E-state index contributed by atoms with van der Waals surface area (Å²) in [7, 11) is 0. The zero-order valence-electron chi connectivity index (χ0n) is 10.1. The van der Waals surface area contributed by atoms with Gasteiger partial charge in [-0.1, -0.05) is 5.16 Å². The van der Waals surface area contributed by atoms with Crippen LogP contribution in [-0.2, 0) is 4.74 Å². The largest absolute Gasteiger partial charge is 0.381 e. The Hall–Kier alpha value is -2.28. The number of hydrogen-bond acceptors (Lipinski definition) is 6. The van der Waals surface area contributed by atoms with Crippen molar-refractivity contribution in [2.75, 3.05) is 13.2 Å². The minimum atomic E-state index is 0.229. The van der Waals surface area contributed by atoms with Crippen molar-refractivity contribution in [3.8, 4) is 11.6 Å². The summed E-state index contributed by atoms with van der Waals surface area (Å²) in [6.07, 6.45) is 6.33. The maximum Gasteiger partial charge on any atom is 0.278 e. The fourth-order valence-electron chi connectivity index (χ4n) is 2.18. The summed E-state index contributed by atoms with van der Waals surface area (Å²) in [5.41, 5.74) is 0.636. The Bertz CT molecular complexity index is 681. The van der Waals surface area contributed by atoms with E-state index in [2.05, 4.69) is 20.1 Å². The summed E-state index contributed by atoms with van der Waals surface area (Å²) >= 11 is 0. The van der Waals surface area contributed by atoms with Crippen LogP contribution in [0.25, 0.3) is 17.4 Å². The van der Waals surface area contributed by atoms with Gasteiger partial charge in [0.25, 0.3) is 5.89 Å². The molecule has 0 bridgehead atoms. The van der Waals surface area contributed by atoms with Crippen molar-refractivity contribution in [3.63, 3.8) is 0 Å². The van der Waals surface area contributed by atoms with Crippen LogP contribution >= 0.6 is 0 Å². The van der Waals surface area contributed by atoms with Gasteiger partial charge in [-0.15, -0.1) is 0 Å². The molecule has 19 heavy (non-hydrogen) atoms. The SMILES string of the molecule is c1cnc2nc(-c3nc([C@@H]4CCOC4)no3)cn2c1. The molecule has 3 aromatic heterocycles. The molecular formula is C12H11N5O2. The van der Waals surface area contributed by atoms with E-state index in [1.54, 1.807) is 6.20 Å². The molecule has 3 aromatic rings. The summed E-state index contributed by atoms with van der Waals surface area (Å²) in [4.78, 5) is 12.9. The van der Waals surface area contributed by atoms with Gasteiger partial charge in [-0.05, 0) is 12.5 Å². The topological polar surface area (TPSA) is 78.3 Å². The van der Waals surface area contributed by atoms with Gasteiger partial charge >= 0.3 is 0 Å². The molecule has 96 valence electrons. The maximum atomic E-state index is 5.32. The van der Waals surface area contributed by atoms with E-state index < -0.39 is 0 Å². The zero-order valence-corrected chi connectivity index (χ0v) is 10.1. The quantitative estimate of drug-likeness (QED) is 0.688. The average Bonchev–Trinajstić information content (AvgIpc) is 3.17. The molecule has 4 rings (SSSR count). The number of imidazole rings is 1. The van der Waals surface area contributed by atoms with E-state index in [1.807, 2.05) is 22.9 Å². The molecule has 1 aliphatic heterocycles. The summed E-state index contributed by atoms with van der Waals surface area (Å²) in [5.74, 6) is 1.96. The van der Waals surface area contributed by atoms with Crippen LogP contribution in [-0.4, -0.2) is 37.7 Å². The van der Waals surface area contributed by atoms with Gasteiger partial charge in [0.1, 0.15) is 5.69 Å². The minimum Gasteiger partial charge on any atom is -0.381 e. The van der Waals surface area contributed by atoms with Crippen LogP contribution in [0.5, 0.6) is 0 Å². The number of aromatic nitrogens is 5. The van der Waals surface area contributed by atoms with Gasteiger partial charge in [0, 0.05) is 31.1 Å². The molecule has 0 N–H and O–H groups in total. The first kappa shape index (κ1) is 10.6. The van der Waals surface area contributed by atoms with Crippen LogP contribution < -0.4 is 0 Å². The van der Waals surface area contributed by atoms with Crippen molar-refractivity contribution in [1.82, 2.24) is 24.5 Å². The summed E-state index contributed by atoms with van der Waals surface area (Å²) in [6.45, 7) is 1.42. The Kier molecular flexibility index (Phi) is 2.31. The third-order valence-corrected chi connectivity index (χ3v) is 3.19. The molecule has 7 nitrogen and oxygen atoms in total. The summed E-state index contributed by atoms with van der Waals surface area (Å²) < 4.78 is 12.4. The third kappa shape index (κ3) is 1.78. The van der Waals surface area contributed by atoms with Crippen molar-refractivity contribution in [2.45, 2.75) is 12.3 Å². The number of ether oxygens (including phenoxy) is 1. The molecule has 0 aromatic carbocycles. The van der Waals surface area contributed by atoms with Gasteiger partial charge in [-0.25, -0.2) is 9.97 Å². The first-order valence-electron chi connectivity index (χ1n) is 6.11. The number of fused-ring (bicyclic) bond motifs is 1. The van der Waals surface area contributed by atoms with Crippen molar-refractivity contribution < 1.29 is 9.26 Å². The first-order valence-corrected chi connectivity index (χ1v) is 6.11. The molecule has 0 radical (unpaired) electrons. The lowest BCUT2D eigenvalue weighted by molar-refractivity contribution is 0.192. The van der Waals surface area contributed by atoms with Crippen LogP contribution in [0, 0.1) is 0 Å². The second kappa shape index (κ2) is 4.13. The molecule has 0 unspecified atom stereocenters. The van der Waals surface area contributed by atoms with Gasteiger partial charge in [0.15, 0.2) is 5.82 Å². The summed E-state index contributed by atoms with van der Waals surface area (Å²) in [6, 6.07) is 1.84. The van der Waals surface area contributed by atoms with Crippen LogP contribution in [0.4, 0.5) is 0 Å². The van der Waals surface area contributed by atoms with Crippen LogP contribution in [0.3, 0.4) is 0 Å². The molecule has 1 fully saturated rings. The zero-order chi connectivity index (χ0) is 12.7. The van der Waals surface area contributed by atoms with Crippen LogP contribution in [0.1, 0.15) is 18.2 Å². The molecule has 1 saturated heterocycles. The number of nitrogens with zero attached hydrogens (tertiary/aromatic N) is 5. The highest BCUT2D eigenvalue weighted by atomic mass is 16.5. The fourth-order valence-corrected chi connectivity index (χ4v) is 2.18. The smallest absolute Gasteiger partial charge is 0.278 e. The van der Waals surface area contributed by atoms with E-state index in [-0.39, 0.29) is 5.92 Å². The third-order valence-electron chi connectivity index (χ3n) is 3.19. The van der Waals surface area contributed by atoms with Crippen molar-refractivity contribution in [2.24, 2.45) is 0 Å². The monoisotopic (exact) mass is 257 g/mol. The molecule has 1 atom stereocenters. The van der Waals surface area contributed by atoms with Crippen molar-refractivity contribution >= 4 is 5.78 Å². The highest BCUT2D eigenvalue weighted by Crippen LogP contribution is 2.25. The predicted molar refractivity (Wildman–Crippen MR) is 64.5 cm³/mol. The Labute approximate surface area is 108 Å². The lowest BCUT2D eigenvalue weighted by atomic mass is 10.1. The van der Waals surface area contributed by atoms with Gasteiger partial charge in [0.05, 0.1) is 6.61 Å². The lowest BCUT2D eigenvalue weighted by Crippen LogP contribution is -1.99. The maximum absolute atomic E-state index is 5.32. The van der Waals surface area contributed by atoms with Crippen LogP contribution in [0.15, 0.2) is 29.2 Å². The Morgan fingerprint density at radius 3 is 3.16 bits per heavy atom. The highest BCUT2D eigenvalue weighted by molar-refractivity contribution is 5.51. The second-order valence-electron chi connectivity index (χ2n) is 4.47. The molecule has 7 heteroatoms. The molecular weight excluding hydrogens is 246 g/mol. The second-order valence-corrected chi connectivity index (χ2v) is 4.47. The number of hydrogen-bond donors (Lipinski definition) is 0. The molecule has 0 aliphatic carbocycles. The normalized spacial score (nSPS) is 19.3. The van der Waals surface area contributed by atoms with E-state index in [0.29, 0.717) is 29.8 Å². The van der Waals surface area contributed by atoms with E-state index in [4.69, 9.17) is 9.26 Å². The van der Waals surface area contributed by atoms with Crippen molar-refractivity contribution in [1.29, 1.82) is 0 Å². The molecule has 0 spiro atoms. The summed E-state index contributed by atoms with van der Waals surface area (Å²) in [5, 5.41) is 4.01. The lowest BCUT2D eigenvalue weighted by Gasteiger charge is -1.97. The number of rotatable bonds is 2. The fraction of sp³-hybridized carbons (Fsp3) is 0.333. The molecule has 0 saturated carbocycles.